The molecule has 5 rings (SSSR count). The molecule has 1 amide bonds. The van der Waals surface area contributed by atoms with Crippen molar-refractivity contribution in [3.05, 3.63) is 59.8 Å². The summed E-state index contributed by atoms with van der Waals surface area (Å²) in [5.74, 6) is -1.24. The zero-order chi connectivity index (χ0) is 24.3. The van der Waals surface area contributed by atoms with Gasteiger partial charge >= 0.3 is 12.3 Å². The number of alkyl halides is 3. The minimum Gasteiger partial charge on any atom is -0.481 e. The van der Waals surface area contributed by atoms with Gasteiger partial charge < -0.3 is 15.2 Å². The van der Waals surface area contributed by atoms with E-state index in [0.717, 1.165) is 11.8 Å². The van der Waals surface area contributed by atoms with Gasteiger partial charge in [0.1, 0.15) is 5.75 Å². The molecule has 2 saturated carbocycles. The Labute approximate surface area is 192 Å². The number of carboxylic acid groups (broad SMARTS) is 1. The molecule has 3 atom stereocenters. The van der Waals surface area contributed by atoms with Crippen molar-refractivity contribution in [3.63, 3.8) is 0 Å². The molecule has 1 aromatic heterocycles. The van der Waals surface area contributed by atoms with Gasteiger partial charge in [-0.05, 0) is 47.9 Å². The number of hydrogen-bond donors (Lipinski definition) is 2. The number of ether oxygens (including phenoxy) is 1. The lowest BCUT2D eigenvalue weighted by molar-refractivity contribution is -0.274. The molecule has 3 aromatic rings. The molecule has 7 nitrogen and oxygen atoms in total. The quantitative estimate of drug-likeness (QED) is 0.532. The van der Waals surface area contributed by atoms with Crippen molar-refractivity contribution in [1.29, 1.82) is 0 Å². The van der Waals surface area contributed by atoms with E-state index in [9.17, 15) is 22.8 Å². The van der Waals surface area contributed by atoms with Gasteiger partial charge in [0.15, 0.2) is 0 Å². The van der Waals surface area contributed by atoms with E-state index in [2.05, 4.69) is 15.2 Å². The summed E-state index contributed by atoms with van der Waals surface area (Å²) in [5, 5.41) is 17.4. The highest BCUT2D eigenvalue weighted by atomic mass is 19.4. The number of benzene rings is 2. The Balaban J connectivity index is 1.34. The predicted molar refractivity (Wildman–Crippen MR) is 115 cm³/mol. The van der Waals surface area contributed by atoms with E-state index in [1.807, 2.05) is 13.0 Å². The van der Waals surface area contributed by atoms with E-state index >= 15 is 0 Å². The second-order valence-electron chi connectivity index (χ2n) is 9.51. The standard InChI is InChI=1S/C24H22F3N3O4/c1-22(10-19(31)32)13-23(9-18(22)23)29-21(33)17-4-2-3-15-11-28-30(20(15)17)12-14-5-7-16(8-6-14)34-24(25,26)27/h2-8,11,18H,9-10,12-13H2,1H3,(H,29,33)(H,31,32)/t18-,22+,23?/m0/s1. The summed E-state index contributed by atoms with van der Waals surface area (Å²) in [6, 6.07) is 10.8. The number of para-hydroxylation sites is 1. The van der Waals surface area contributed by atoms with Gasteiger partial charge in [-0.2, -0.15) is 5.10 Å². The van der Waals surface area contributed by atoms with Gasteiger partial charge in [-0.15, -0.1) is 13.2 Å². The van der Waals surface area contributed by atoms with E-state index in [4.69, 9.17) is 5.11 Å². The number of carbonyl (C=O) groups is 2. The van der Waals surface area contributed by atoms with Gasteiger partial charge in [0.2, 0.25) is 0 Å². The highest BCUT2D eigenvalue weighted by Gasteiger charge is 2.73. The first kappa shape index (κ1) is 22.2. The third-order valence-corrected chi connectivity index (χ3v) is 6.95. The number of nitrogens with zero attached hydrogens (tertiary/aromatic N) is 2. The Morgan fingerprint density at radius 3 is 2.62 bits per heavy atom. The first-order chi connectivity index (χ1) is 16.0. The molecule has 178 valence electrons. The molecular weight excluding hydrogens is 451 g/mol. The molecule has 2 aliphatic rings. The van der Waals surface area contributed by atoms with E-state index in [-0.39, 0.29) is 41.5 Å². The molecule has 1 unspecified atom stereocenters. The topological polar surface area (TPSA) is 93.5 Å². The molecule has 34 heavy (non-hydrogen) atoms. The number of carbonyl (C=O) groups excluding carboxylic acids is 1. The van der Waals surface area contributed by atoms with Crippen molar-refractivity contribution in [2.45, 2.75) is 44.6 Å². The minimum absolute atomic E-state index is 0.0877. The molecule has 2 N–H and O–H groups in total. The highest BCUT2D eigenvalue weighted by Crippen LogP contribution is 2.71. The number of aliphatic carboxylic acids is 1. The number of fused-ring (bicyclic) bond motifs is 2. The van der Waals surface area contributed by atoms with Crippen molar-refractivity contribution >= 4 is 22.8 Å². The predicted octanol–water partition coefficient (Wildman–Crippen LogP) is 4.36. The molecule has 2 aromatic carbocycles. The summed E-state index contributed by atoms with van der Waals surface area (Å²) in [6.45, 7) is 2.20. The molecule has 1 heterocycles. The molecule has 10 heteroatoms. The van der Waals surface area contributed by atoms with Gasteiger partial charge in [0, 0.05) is 10.9 Å². The van der Waals surface area contributed by atoms with Crippen LogP contribution in [0.25, 0.3) is 10.9 Å². The van der Waals surface area contributed by atoms with Crippen LogP contribution >= 0.6 is 0 Å². The first-order valence-electron chi connectivity index (χ1n) is 10.8. The molecular formula is C24H22F3N3O4. The fourth-order valence-electron chi connectivity index (χ4n) is 5.55. The number of amides is 1. The van der Waals surface area contributed by atoms with Crippen LogP contribution in [0.5, 0.6) is 5.75 Å². The fraction of sp³-hybridized carbons (Fsp3) is 0.375. The molecule has 2 fully saturated rings. The summed E-state index contributed by atoms with van der Waals surface area (Å²) in [7, 11) is 0. The van der Waals surface area contributed by atoms with Crippen LogP contribution < -0.4 is 10.1 Å². The van der Waals surface area contributed by atoms with Crippen molar-refractivity contribution < 1.29 is 32.6 Å². The zero-order valence-electron chi connectivity index (χ0n) is 18.2. The lowest BCUT2D eigenvalue weighted by Crippen LogP contribution is -2.52. The van der Waals surface area contributed by atoms with Crippen molar-refractivity contribution in [2.75, 3.05) is 0 Å². The monoisotopic (exact) mass is 473 g/mol. The normalized spacial score (nSPS) is 25.4. The Kier molecular flexibility index (Phi) is 4.89. The molecule has 0 spiro atoms. The van der Waals surface area contributed by atoms with Gasteiger partial charge in [-0.3, -0.25) is 14.3 Å². The number of halogens is 3. The Bertz CT molecular complexity index is 1290. The van der Waals surface area contributed by atoms with Crippen LogP contribution in [0.3, 0.4) is 0 Å². The van der Waals surface area contributed by atoms with Crippen molar-refractivity contribution in [2.24, 2.45) is 11.3 Å². The summed E-state index contributed by atoms with van der Waals surface area (Å²) in [5.41, 5.74) is 1.12. The molecule has 0 aliphatic heterocycles. The SMILES string of the molecule is C[C@@]1(CC(=O)O)CC2(NC(=O)c3cccc4cnn(Cc5ccc(OC(F)(F)F)cc5)c34)C[C@H]21. The number of carboxylic acids is 1. The fourth-order valence-corrected chi connectivity index (χ4v) is 5.55. The largest absolute Gasteiger partial charge is 0.573 e. The molecule has 0 bridgehead atoms. The second kappa shape index (κ2) is 7.48. The van der Waals surface area contributed by atoms with E-state index in [1.54, 1.807) is 23.0 Å². The smallest absolute Gasteiger partial charge is 0.481 e. The minimum atomic E-state index is -4.76. The molecule has 0 saturated heterocycles. The van der Waals surface area contributed by atoms with Crippen LogP contribution in [0.15, 0.2) is 48.7 Å². The van der Waals surface area contributed by atoms with Gasteiger partial charge in [-0.1, -0.05) is 31.2 Å². The number of rotatable bonds is 7. The molecule has 0 radical (unpaired) electrons. The third-order valence-electron chi connectivity index (χ3n) is 6.95. The maximum Gasteiger partial charge on any atom is 0.573 e. The van der Waals surface area contributed by atoms with E-state index in [0.29, 0.717) is 23.1 Å². The summed E-state index contributed by atoms with van der Waals surface area (Å²) < 4.78 is 42.7. The van der Waals surface area contributed by atoms with E-state index < -0.39 is 12.3 Å². The summed E-state index contributed by atoms with van der Waals surface area (Å²) in [4.78, 5) is 24.4. The maximum absolute atomic E-state index is 13.2. The first-order valence-corrected chi connectivity index (χ1v) is 10.8. The van der Waals surface area contributed by atoms with Crippen LogP contribution in [0.2, 0.25) is 0 Å². The van der Waals surface area contributed by atoms with Crippen LogP contribution in [0.4, 0.5) is 13.2 Å². The summed E-state index contributed by atoms with van der Waals surface area (Å²) >= 11 is 0. The number of aromatic nitrogens is 2. The average molecular weight is 473 g/mol. The lowest BCUT2D eigenvalue weighted by Gasteiger charge is -2.44. The number of nitrogens with one attached hydrogen (secondary N) is 1. The number of hydrogen-bond acceptors (Lipinski definition) is 4. The maximum atomic E-state index is 13.2. The van der Waals surface area contributed by atoms with Gasteiger partial charge in [-0.25, -0.2) is 0 Å². The highest BCUT2D eigenvalue weighted by molar-refractivity contribution is 6.06. The van der Waals surface area contributed by atoms with Crippen molar-refractivity contribution in [3.8, 4) is 5.75 Å². The summed E-state index contributed by atoms with van der Waals surface area (Å²) in [6.07, 6.45) is -1.63. The second-order valence-corrected chi connectivity index (χ2v) is 9.51. The lowest BCUT2D eigenvalue weighted by atomic mass is 9.65. The van der Waals surface area contributed by atoms with Crippen molar-refractivity contribution in [1.82, 2.24) is 15.1 Å². The van der Waals surface area contributed by atoms with Gasteiger partial charge in [0.25, 0.3) is 5.91 Å². The third kappa shape index (κ3) is 3.97. The van der Waals surface area contributed by atoms with Crippen LogP contribution in [0.1, 0.15) is 42.1 Å². The zero-order valence-corrected chi connectivity index (χ0v) is 18.2. The van der Waals surface area contributed by atoms with Crippen LogP contribution in [-0.4, -0.2) is 38.7 Å². The van der Waals surface area contributed by atoms with Crippen LogP contribution in [-0.2, 0) is 11.3 Å². The van der Waals surface area contributed by atoms with Gasteiger partial charge in [0.05, 0.1) is 30.2 Å². The Hall–Kier alpha value is -3.56. The van der Waals surface area contributed by atoms with Crippen LogP contribution in [0, 0.1) is 11.3 Å². The average Bonchev–Trinajstić information content (AvgIpc) is 3.17. The Morgan fingerprint density at radius 1 is 1.24 bits per heavy atom. The Morgan fingerprint density at radius 2 is 1.97 bits per heavy atom. The van der Waals surface area contributed by atoms with E-state index in [1.165, 1.54) is 24.3 Å². The molecule has 2 aliphatic carbocycles.